The lowest BCUT2D eigenvalue weighted by Crippen LogP contribution is -2.41. The highest BCUT2D eigenvalue weighted by atomic mass is 16.1. The summed E-state index contributed by atoms with van der Waals surface area (Å²) >= 11 is 0. The molecule has 3 N–H and O–H groups in total. The third-order valence-corrected chi connectivity index (χ3v) is 4.38. The van der Waals surface area contributed by atoms with Crippen molar-refractivity contribution in [2.24, 2.45) is 17.6 Å². The largest absolute Gasteiger partial charge is 0.356 e. The second-order valence-electron chi connectivity index (χ2n) is 6.11. The number of likely N-dealkylation sites (tertiary alicyclic amines) is 1. The number of nitrogens with two attached hydrogens (primary N) is 1. The standard InChI is InChI=1S/C17H27N3O/c1-20-9-7-15(8-10-20)13-19-17(21)16(12-18)11-14-5-3-2-4-6-14/h2-6,15-16H,7-13,18H2,1H3,(H,19,21). The fourth-order valence-electron chi connectivity index (χ4n) is 2.84. The molecular formula is C17H27N3O. The number of hydrogen-bond donors (Lipinski definition) is 2. The van der Waals surface area contributed by atoms with Crippen molar-refractivity contribution < 1.29 is 4.79 Å². The lowest BCUT2D eigenvalue weighted by atomic mass is 9.95. The van der Waals surface area contributed by atoms with E-state index in [4.69, 9.17) is 5.73 Å². The summed E-state index contributed by atoms with van der Waals surface area (Å²) < 4.78 is 0. The predicted octanol–water partition coefficient (Wildman–Crippen LogP) is 1.26. The van der Waals surface area contributed by atoms with Crippen molar-refractivity contribution in [2.45, 2.75) is 19.3 Å². The average molecular weight is 289 g/mol. The molecule has 0 bridgehead atoms. The summed E-state index contributed by atoms with van der Waals surface area (Å²) in [7, 11) is 2.15. The lowest BCUT2D eigenvalue weighted by molar-refractivity contribution is -0.124. The summed E-state index contributed by atoms with van der Waals surface area (Å²) in [5, 5.41) is 3.10. The number of benzene rings is 1. The van der Waals surface area contributed by atoms with E-state index in [0.717, 1.165) is 26.1 Å². The van der Waals surface area contributed by atoms with Crippen LogP contribution in [0, 0.1) is 11.8 Å². The fraction of sp³-hybridized carbons (Fsp3) is 0.588. The van der Waals surface area contributed by atoms with Crippen LogP contribution < -0.4 is 11.1 Å². The van der Waals surface area contributed by atoms with Gasteiger partial charge in [-0.2, -0.15) is 0 Å². The second kappa shape index (κ2) is 8.15. The molecule has 0 saturated carbocycles. The van der Waals surface area contributed by atoms with Crippen molar-refractivity contribution >= 4 is 5.91 Å². The zero-order valence-electron chi connectivity index (χ0n) is 12.9. The third kappa shape index (κ3) is 5.14. The lowest BCUT2D eigenvalue weighted by Gasteiger charge is -2.29. The van der Waals surface area contributed by atoms with Crippen LogP contribution in [0.5, 0.6) is 0 Å². The molecule has 1 aliphatic rings. The molecule has 116 valence electrons. The Morgan fingerprint density at radius 1 is 1.33 bits per heavy atom. The van der Waals surface area contributed by atoms with Gasteiger partial charge in [-0.1, -0.05) is 30.3 Å². The fourth-order valence-corrected chi connectivity index (χ4v) is 2.84. The molecule has 1 unspecified atom stereocenters. The zero-order chi connectivity index (χ0) is 15.1. The number of nitrogens with one attached hydrogen (secondary N) is 1. The van der Waals surface area contributed by atoms with Crippen molar-refractivity contribution in [2.75, 3.05) is 33.2 Å². The van der Waals surface area contributed by atoms with Crippen molar-refractivity contribution in [1.29, 1.82) is 0 Å². The molecule has 4 nitrogen and oxygen atoms in total. The van der Waals surface area contributed by atoms with Crippen LogP contribution in [-0.2, 0) is 11.2 Å². The van der Waals surface area contributed by atoms with E-state index >= 15 is 0 Å². The second-order valence-corrected chi connectivity index (χ2v) is 6.11. The highest BCUT2D eigenvalue weighted by Crippen LogP contribution is 2.15. The van der Waals surface area contributed by atoms with Crippen molar-refractivity contribution in [3.8, 4) is 0 Å². The van der Waals surface area contributed by atoms with Gasteiger partial charge in [-0.15, -0.1) is 0 Å². The molecule has 2 rings (SSSR count). The van der Waals surface area contributed by atoms with Crippen molar-refractivity contribution in [1.82, 2.24) is 10.2 Å². The maximum Gasteiger partial charge on any atom is 0.224 e. The molecule has 0 spiro atoms. The van der Waals surface area contributed by atoms with Gasteiger partial charge in [-0.3, -0.25) is 4.79 Å². The normalized spacial score (nSPS) is 18.4. The van der Waals surface area contributed by atoms with Gasteiger partial charge in [0.25, 0.3) is 0 Å². The predicted molar refractivity (Wildman–Crippen MR) is 85.9 cm³/mol. The smallest absolute Gasteiger partial charge is 0.224 e. The van der Waals surface area contributed by atoms with E-state index in [2.05, 4.69) is 17.3 Å². The molecule has 1 atom stereocenters. The van der Waals surface area contributed by atoms with Gasteiger partial charge in [0, 0.05) is 13.1 Å². The number of amides is 1. The Labute approximate surface area is 127 Å². The third-order valence-electron chi connectivity index (χ3n) is 4.38. The van der Waals surface area contributed by atoms with Gasteiger partial charge in [0.2, 0.25) is 5.91 Å². The zero-order valence-corrected chi connectivity index (χ0v) is 12.9. The molecule has 1 amide bonds. The Hall–Kier alpha value is -1.39. The van der Waals surface area contributed by atoms with E-state index in [1.807, 2.05) is 30.3 Å². The monoisotopic (exact) mass is 289 g/mol. The molecule has 0 aliphatic carbocycles. The Bertz CT molecular complexity index is 427. The molecular weight excluding hydrogens is 262 g/mol. The molecule has 0 radical (unpaired) electrons. The Kier molecular flexibility index (Phi) is 6.21. The number of piperidine rings is 1. The Balaban J connectivity index is 1.77. The number of carbonyl (C=O) groups excluding carboxylic acids is 1. The first-order chi connectivity index (χ1) is 10.2. The molecule has 1 saturated heterocycles. The van der Waals surface area contributed by atoms with Crippen molar-refractivity contribution in [3.05, 3.63) is 35.9 Å². The van der Waals surface area contributed by atoms with E-state index < -0.39 is 0 Å². The highest BCUT2D eigenvalue weighted by Gasteiger charge is 2.20. The number of nitrogens with zero attached hydrogens (tertiary/aromatic N) is 1. The summed E-state index contributed by atoms with van der Waals surface area (Å²) in [5.74, 6) is 0.583. The van der Waals surface area contributed by atoms with Crippen LogP contribution in [0.25, 0.3) is 0 Å². The summed E-state index contributed by atoms with van der Waals surface area (Å²) in [4.78, 5) is 14.6. The van der Waals surface area contributed by atoms with E-state index in [1.165, 1.54) is 18.4 Å². The quantitative estimate of drug-likeness (QED) is 0.829. The highest BCUT2D eigenvalue weighted by molar-refractivity contribution is 5.79. The minimum absolute atomic E-state index is 0.0975. The number of rotatable bonds is 6. The van der Waals surface area contributed by atoms with Gasteiger partial charge in [0.15, 0.2) is 0 Å². The summed E-state index contributed by atoms with van der Waals surface area (Å²) in [6, 6.07) is 10.1. The van der Waals surface area contributed by atoms with E-state index in [0.29, 0.717) is 12.5 Å². The van der Waals surface area contributed by atoms with Crippen LogP contribution in [-0.4, -0.2) is 44.0 Å². The van der Waals surface area contributed by atoms with Crippen LogP contribution in [0.15, 0.2) is 30.3 Å². The van der Waals surface area contributed by atoms with Gasteiger partial charge in [0.05, 0.1) is 5.92 Å². The van der Waals surface area contributed by atoms with Crippen LogP contribution >= 0.6 is 0 Å². The van der Waals surface area contributed by atoms with E-state index in [1.54, 1.807) is 0 Å². The number of carbonyl (C=O) groups is 1. The summed E-state index contributed by atoms with van der Waals surface area (Å²) in [6.45, 7) is 3.45. The topological polar surface area (TPSA) is 58.4 Å². The summed E-state index contributed by atoms with van der Waals surface area (Å²) in [5.41, 5.74) is 6.95. The average Bonchev–Trinajstić information content (AvgIpc) is 2.52. The minimum Gasteiger partial charge on any atom is -0.356 e. The van der Waals surface area contributed by atoms with E-state index in [9.17, 15) is 4.79 Å². The first-order valence-electron chi connectivity index (χ1n) is 7.89. The van der Waals surface area contributed by atoms with Gasteiger partial charge in [0.1, 0.15) is 0 Å². The Morgan fingerprint density at radius 2 is 2.00 bits per heavy atom. The first kappa shape index (κ1) is 16.0. The molecule has 1 heterocycles. The maximum absolute atomic E-state index is 12.3. The molecule has 21 heavy (non-hydrogen) atoms. The molecule has 1 aromatic rings. The van der Waals surface area contributed by atoms with Crippen LogP contribution in [0.4, 0.5) is 0 Å². The molecule has 1 aromatic carbocycles. The van der Waals surface area contributed by atoms with Gasteiger partial charge < -0.3 is 16.0 Å². The van der Waals surface area contributed by atoms with Crippen LogP contribution in [0.2, 0.25) is 0 Å². The SMILES string of the molecule is CN1CCC(CNC(=O)C(CN)Cc2ccccc2)CC1. The Morgan fingerprint density at radius 3 is 2.62 bits per heavy atom. The van der Waals surface area contributed by atoms with Crippen LogP contribution in [0.1, 0.15) is 18.4 Å². The molecule has 1 fully saturated rings. The van der Waals surface area contributed by atoms with Gasteiger partial charge in [-0.25, -0.2) is 0 Å². The van der Waals surface area contributed by atoms with Gasteiger partial charge >= 0.3 is 0 Å². The maximum atomic E-state index is 12.3. The molecule has 4 heteroatoms. The minimum atomic E-state index is -0.126. The summed E-state index contributed by atoms with van der Waals surface area (Å²) in [6.07, 6.45) is 3.06. The van der Waals surface area contributed by atoms with Crippen molar-refractivity contribution in [3.63, 3.8) is 0 Å². The number of hydrogen-bond acceptors (Lipinski definition) is 3. The molecule has 1 aliphatic heterocycles. The van der Waals surface area contributed by atoms with E-state index in [-0.39, 0.29) is 11.8 Å². The van der Waals surface area contributed by atoms with Gasteiger partial charge in [-0.05, 0) is 50.9 Å². The molecule has 0 aromatic heterocycles. The van der Waals surface area contributed by atoms with Crippen LogP contribution in [0.3, 0.4) is 0 Å². The first-order valence-corrected chi connectivity index (χ1v) is 7.89.